The molecule has 0 spiro atoms. The molecule has 0 aliphatic carbocycles. The van der Waals surface area contributed by atoms with Gasteiger partial charge in [0.25, 0.3) is 0 Å². The molecule has 0 saturated carbocycles. The van der Waals surface area contributed by atoms with Crippen molar-refractivity contribution in [1.29, 1.82) is 0 Å². The molecule has 0 aromatic heterocycles. The first-order valence-corrected chi connectivity index (χ1v) is 35.8. The highest BCUT2D eigenvalue weighted by Crippen LogP contribution is 2.45. The quantitative estimate of drug-likeness (QED) is 0.0222. The van der Waals surface area contributed by atoms with E-state index in [4.69, 9.17) is 37.0 Å². The Hall–Kier alpha value is -1.94. The van der Waals surface area contributed by atoms with Crippen molar-refractivity contribution < 1.29 is 80.2 Å². The van der Waals surface area contributed by atoms with Crippen LogP contribution in [-0.4, -0.2) is 96.7 Å². The molecule has 0 radical (unpaired) electrons. The van der Waals surface area contributed by atoms with E-state index in [1.165, 1.54) is 96.3 Å². The highest BCUT2D eigenvalue weighted by molar-refractivity contribution is 7.47. The first-order valence-electron chi connectivity index (χ1n) is 32.8. The van der Waals surface area contributed by atoms with Crippen LogP contribution in [0.2, 0.25) is 0 Å². The standard InChI is InChI=1S/C63H122O17P2/c1-9-55(7)41-33-25-17-11-12-18-27-35-43-60(65)73-49-58(79-62(67)45-37-29-19-13-15-23-31-39-53(3)4)51-77-81(69,70)75-47-57(64)48-76-82(71,72)78-52-59(80-63(68)46-38-30-20-14-16-24-32-40-54(5)6)50-74-61(66)44-36-28-22-21-26-34-42-56(8)10-2/h53-59,64H,9-52H2,1-8H3,(H,69,70)(H,71,72)/t55?,56?,57-,58-,59-/m1/s1. The number of rotatable bonds is 60. The molecule has 0 aliphatic rings. The molecule has 0 amide bonds. The topological polar surface area (TPSA) is 237 Å². The summed E-state index contributed by atoms with van der Waals surface area (Å²) in [6.07, 6.45) is 32.3. The minimum absolute atomic E-state index is 0.102. The molecule has 17 nitrogen and oxygen atoms in total. The van der Waals surface area contributed by atoms with Crippen molar-refractivity contribution in [1.82, 2.24) is 0 Å². The fourth-order valence-electron chi connectivity index (χ4n) is 9.19. The number of aliphatic hydroxyl groups is 1. The van der Waals surface area contributed by atoms with E-state index in [1.807, 2.05) is 0 Å². The van der Waals surface area contributed by atoms with Gasteiger partial charge in [0.15, 0.2) is 12.2 Å². The van der Waals surface area contributed by atoms with Crippen molar-refractivity contribution >= 4 is 39.5 Å². The Balaban J connectivity index is 5.26. The average Bonchev–Trinajstić information content (AvgIpc) is 3.45. The van der Waals surface area contributed by atoms with Crippen LogP contribution >= 0.6 is 15.6 Å². The molecular formula is C63H122O17P2. The van der Waals surface area contributed by atoms with Crippen molar-refractivity contribution in [2.75, 3.05) is 39.6 Å². The lowest BCUT2D eigenvalue weighted by Gasteiger charge is -2.21. The van der Waals surface area contributed by atoms with E-state index in [2.05, 4.69) is 55.4 Å². The molecule has 0 aromatic rings. The van der Waals surface area contributed by atoms with Gasteiger partial charge in [-0.15, -0.1) is 0 Å². The summed E-state index contributed by atoms with van der Waals surface area (Å²) in [7, 11) is -9.89. The zero-order valence-electron chi connectivity index (χ0n) is 53.1. The van der Waals surface area contributed by atoms with Crippen molar-refractivity contribution in [3.8, 4) is 0 Å². The van der Waals surface area contributed by atoms with Gasteiger partial charge in [-0.05, 0) is 49.4 Å². The summed E-state index contributed by atoms with van der Waals surface area (Å²) in [5.41, 5.74) is 0. The van der Waals surface area contributed by atoms with E-state index in [0.29, 0.717) is 37.5 Å². The van der Waals surface area contributed by atoms with Crippen LogP contribution in [0, 0.1) is 23.7 Å². The summed E-state index contributed by atoms with van der Waals surface area (Å²) in [6.45, 7) is 13.9. The van der Waals surface area contributed by atoms with Crippen molar-refractivity contribution in [2.24, 2.45) is 23.7 Å². The van der Waals surface area contributed by atoms with Gasteiger partial charge in [0.2, 0.25) is 0 Å². The molecule has 19 heteroatoms. The average molecular weight is 1210 g/mol. The first-order chi connectivity index (χ1) is 39.2. The number of unbranched alkanes of at least 4 members (excludes halogenated alkanes) is 24. The lowest BCUT2D eigenvalue weighted by Crippen LogP contribution is -2.30. The van der Waals surface area contributed by atoms with Gasteiger partial charge in [-0.1, -0.05) is 248 Å². The van der Waals surface area contributed by atoms with E-state index in [0.717, 1.165) is 108 Å². The van der Waals surface area contributed by atoms with Crippen LogP contribution in [0.3, 0.4) is 0 Å². The van der Waals surface area contributed by atoms with Gasteiger partial charge in [-0.2, -0.15) is 0 Å². The summed E-state index contributed by atoms with van der Waals surface area (Å²) >= 11 is 0. The number of hydrogen-bond acceptors (Lipinski definition) is 15. The Kier molecular flexibility index (Phi) is 52.0. The van der Waals surface area contributed by atoms with Crippen LogP contribution < -0.4 is 0 Å². The first kappa shape index (κ1) is 80.1. The summed E-state index contributed by atoms with van der Waals surface area (Å²) in [4.78, 5) is 72.1. The second-order valence-corrected chi connectivity index (χ2v) is 27.1. The normalized spacial score (nSPS) is 15.1. The third-order valence-corrected chi connectivity index (χ3v) is 16.9. The SMILES string of the molecule is CCC(C)CCCCCCCCCCC(=O)OC[C@H](COP(=O)(O)OC[C@@H](O)COP(=O)(O)OC[C@@H](COC(=O)CCCCCCCCC(C)CC)OC(=O)CCCCCCCCCC(C)C)OC(=O)CCCCCCCCCC(C)C. The third kappa shape index (κ3) is 54.7. The Labute approximate surface area is 498 Å². The molecule has 0 fully saturated rings. The fraction of sp³-hybridized carbons (Fsp3) is 0.937. The Morgan fingerprint density at radius 1 is 0.341 bits per heavy atom. The zero-order valence-corrected chi connectivity index (χ0v) is 54.9. The van der Waals surface area contributed by atoms with Gasteiger partial charge in [0.05, 0.1) is 26.4 Å². The second-order valence-electron chi connectivity index (χ2n) is 24.2. The molecule has 82 heavy (non-hydrogen) atoms. The zero-order chi connectivity index (χ0) is 61.1. The second kappa shape index (κ2) is 53.3. The maximum absolute atomic E-state index is 13.0. The molecule has 486 valence electrons. The molecule has 3 N–H and O–H groups in total. The van der Waals surface area contributed by atoms with Gasteiger partial charge in [-0.25, -0.2) is 9.13 Å². The summed E-state index contributed by atoms with van der Waals surface area (Å²) in [5.74, 6) is 0.755. The smallest absolute Gasteiger partial charge is 0.462 e. The van der Waals surface area contributed by atoms with E-state index >= 15 is 0 Å². The molecule has 0 heterocycles. The lowest BCUT2D eigenvalue weighted by atomic mass is 9.99. The largest absolute Gasteiger partial charge is 0.472 e. The minimum atomic E-state index is -4.94. The number of phosphoric acid groups is 2. The minimum Gasteiger partial charge on any atom is -0.462 e. The molecule has 0 rings (SSSR count). The highest BCUT2D eigenvalue weighted by Gasteiger charge is 2.30. The van der Waals surface area contributed by atoms with Gasteiger partial charge in [0.1, 0.15) is 19.3 Å². The van der Waals surface area contributed by atoms with E-state index in [9.17, 15) is 43.2 Å². The molecule has 7 atom stereocenters. The van der Waals surface area contributed by atoms with E-state index in [1.54, 1.807) is 0 Å². The van der Waals surface area contributed by atoms with Gasteiger partial charge >= 0.3 is 39.5 Å². The fourth-order valence-corrected chi connectivity index (χ4v) is 10.8. The van der Waals surface area contributed by atoms with Gasteiger partial charge in [-0.3, -0.25) is 37.3 Å². The van der Waals surface area contributed by atoms with Crippen LogP contribution in [0.15, 0.2) is 0 Å². The van der Waals surface area contributed by atoms with E-state index in [-0.39, 0.29) is 25.7 Å². The van der Waals surface area contributed by atoms with Crippen LogP contribution in [0.1, 0.15) is 299 Å². The van der Waals surface area contributed by atoms with Crippen LogP contribution in [0.5, 0.6) is 0 Å². The van der Waals surface area contributed by atoms with E-state index < -0.39 is 97.5 Å². The van der Waals surface area contributed by atoms with Crippen LogP contribution in [0.25, 0.3) is 0 Å². The number of hydrogen-bond donors (Lipinski definition) is 3. The number of ether oxygens (including phenoxy) is 4. The van der Waals surface area contributed by atoms with Crippen molar-refractivity contribution in [3.05, 3.63) is 0 Å². The molecule has 0 aromatic carbocycles. The molecule has 0 saturated heterocycles. The van der Waals surface area contributed by atoms with Gasteiger partial charge < -0.3 is 33.8 Å². The van der Waals surface area contributed by atoms with Gasteiger partial charge in [0, 0.05) is 25.7 Å². The molecule has 0 bridgehead atoms. The predicted octanol–water partition coefficient (Wildman–Crippen LogP) is 17.0. The molecule has 4 unspecified atom stereocenters. The maximum atomic E-state index is 13.0. The Morgan fingerprint density at radius 2 is 0.585 bits per heavy atom. The summed E-state index contributed by atoms with van der Waals surface area (Å²) in [6, 6.07) is 0. The lowest BCUT2D eigenvalue weighted by molar-refractivity contribution is -0.161. The molecular weight excluding hydrogens is 1090 g/mol. The van der Waals surface area contributed by atoms with Crippen molar-refractivity contribution in [3.63, 3.8) is 0 Å². The number of carbonyl (C=O) groups excluding carboxylic acids is 4. The number of phosphoric ester groups is 2. The van der Waals surface area contributed by atoms with Crippen LogP contribution in [0.4, 0.5) is 0 Å². The monoisotopic (exact) mass is 1210 g/mol. The number of esters is 4. The molecule has 0 aliphatic heterocycles. The Morgan fingerprint density at radius 3 is 0.866 bits per heavy atom. The third-order valence-electron chi connectivity index (χ3n) is 15.0. The van der Waals surface area contributed by atoms with Crippen LogP contribution in [-0.2, 0) is 65.4 Å². The number of aliphatic hydroxyl groups excluding tert-OH is 1. The maximum Gasteiger partial charge on any atom is 0.472 e. The predicted molar refractivity (Wildman–Crippen MR) is 326 cm³/mol. The summed E-state index contributed by atoms with van der Waals surface area (Å²) in [5, 5.41) is 10.5. The Bertz CT molecular complexity index is 1650. The van der Waals surface area contributed by atoms with Crippen molar-refractivity contribution in [2.45, 2.75) is 318 Å². The summed E-state index contributed by atoms with van der Waals surface area (Å²) < 4.78 is 67.9. The number of carbonyl (C=O) groups is 4. The highest BCUT2D eigenvalue weighted by atomic mass is 31.2.